The van der Waals surface area contributed by atoms with Crippen molar-refractivity contribution in [2.75, 3.05) is 0 Å². The standard InChI is InChI=1S/C6H6O3.Ti/c7-4-2-1-3-5(8)6(4)9;/h1-3,7-9H;. The minimum atomic E-state index is -0.475. The first-order valence-electron chi connectivity index (χ1n) is 2.41. The summed E-state index contributed by atoms with van der Waals surface area (Å²) in [5.41, 5.74) is 0. The van der Waals surface area contributed by atoms with Crippen molar-refractivity contribution in [3.8, 4) is 17.2 Å². The van der Waals surface area contributed by atoms with E-state index in [9.17, 15) is 0 Å². The topological polar surface area (TPSA) is 60.7 Å². The Morgan fingerprint density at radius 2 is 1.30 bits per heavy atom. The summed E-state index contributed by atoms with van der Waals surface area (Å²) in [6.07, 6.45) is 0. The molecule has 4 heteroatoms. The summed E-state index contributed by atoms with van der Waals surface area (Å²) in [4.78, 5) is 0. The molecule has 0 heterocycles. The zero-order chi connectivity index (χ0) is 6.85. The third-order valence-corrected chi connectivity index (χ3v) is 0.993. The molecule has 0 saturated carbocycles. The van der Waals surface area contributed by atoms with Gasteiger partial charge in [0.1, 0.15) is 0 Å². The first-order chi connectivity index (χ1) is 4.22. The van der Waals surface area contributed by atoms with Gasteiger partial charge in [-0.3, -0.25) is 0 Å². The van der Waals surface area contributed by atoms with Gasteiger partial charge in [-0.1, -0.05) is 6.07 Å². The van der Waals surface area contributed by atoms with Gasteiger partial charge in [0.05, 0.1) is 0 Å². The number of hydrogen-bond acceptors (Lipinski definition) is 3. The Bertz CT molecular complexity index is 204. The van der Waals surface area contributed by atoms with E-state index in [0.717, 1.165) is 0 Å². The van der Waals surface area contributed by atoms with E-state index in [-0.39, 0.29) is 33.2 Å². The molecule has 52 valence electrons. The molecule has 1 aromatic rings. The third-order valence-electron chi connectivity index (χ3n) is 0.993. The Morgan fingerprint density at radius 3 is 1.60 bits per heavy atom. The van der Waals surface area contributed by atoms with Crippen LogP contribution in [0.1, 0.15) is 0 Å². The predicted molar refractivity (Wildman–Crippen MR) is 31.4 cm³/mol. The third kappa shape index (κ3) is 1.66. The van der Waals surface area contributed by atoms with Crippen LogP contribution < -0.4 is 0 Å². The molecule has 0 bridgehead atoms. The van der Waals surface area contributed by atoms with Crippen LogP contribution in [-0.4, -0.2) is 15.3 Å². The van der Waals surface area contributed by atoms with Crippen molar-refractivity contribution in [1.29, 1.82) is 0 Å². The van der Waals surface area contributed by atoms with Crippen molar-refractivity contribution in [2.45, 2.75) is 0 Å². The molecule has 0 fully saturated rings. The first kappa shape index (κ1) is 9.33. The molecule has 0 aliphatic heterocycles. The first-order valence-corrected chi connectivity index (χ1v) is 2.41. The van der Waals surface area contributed by atoms with Crippen LogP contribution in [0.25, 0.3) is 0 Å². The number of rotatable bonds is 0. The molecule has 0 saturated heterocycles. The summed E-state index contributed by atoms with van der Waals surface area (Å²) >= 11 is 0. The molecule has 0 aromatic heterocycles. The Balaban J connectivity index is 0.000000810. The van der Waals surface area contributed by atoms with Gasteiger partial charge in [-0.05, 0) is 12.1 Å². The molecule has 3 N–H and O–H groups in total. The predicted octanol–water partition coefficient (Wildman–Crippen LogP) is 0.801. The molecule has 0 unspecified atom stereocenters. The minimum absolute atomic E-state index is 0. The van der Waals surface area contributed by atoms with E-state index in [1.165, 1.54) is 18.2 Å². The molecular weight excluding hydrogens is 168 g/mol. The molecular formula is C6H6O3Ti. The Kier molecular flexibility index (Phi) is 3.26. The second-order valence-electron chi connectivity index (χ2n) is 1.64. The maximum absolute atomic E-state index is 8.71. The van der Waals surface area contributed by atoms with Crippen LogP contribution in [0.3, 0.4) is 0 Å². The smallest absolute Gasteiger partial charge is 0.200 e. The van der Waals surface area contributed by atoms with Crippen LogP contribution in [0.2, 0.25) is 0 Å². The molecule has 0 spiro atoms. The monoisotopic (exact) mass is 174 g/mol. The fourth-order valence-electron chi connectivity index (χ4n) is 0.519. The van der Waals surface area contributed by atoms with Crippen molar-refractivity contribution in [2.24, 2.45) is 0 Å². The molecule has 1 aromatic carbocycles. The largest absolute Gasteiger partial charge is 0.504 e. The molecule has 0 atom stereocenters. The quantitative estimate of drug-likeness (QED) is 0.402. The molecule has 0 amide bonds. The van der Waals surface area contributed by atoms with Gasteiger partial charge in [0.25, 0.3) is 0 Å². The van der Waals surface area contributed by atoms with E-state index in [1.54, 1.807) is 0 Å². The number of para-hydroxylation sites is 1. The van der Waals surface area contributed by atoms with Crippen LogP contribution >= 0.6 is 0 Å². The molecule has 0 aliphatic carbocycles. The second kappa shape index (κ2) is 3.49. The van der Waals surface area contributed by atoms with Crippen molar-refractivity contribution in [3.05, 3.63) is 18.2 Å². The number of aromatic hydroxyl groups is 3. The van der Waals surface area contributed by atoms with Gasteiger partial charge in [-0.15, -0.1) is 0 Å². The van der Waals surface area contributed by atoms with Gasteiger partial charge in [-0.25, -0.2) is 0 Å². The zero-order valence-corrected chi connectivity index (χ0v) is 6.64. The molecule has 3 nitrogen and oxygen atoms in total. The van der Waals surface area contributed by atoms with Gasteiger partial charge in [0.15, 0.2) is 17.2 Å². The van der Waals surface area contributed by atoms with Crippen LogP contribution in [0.15, 0.2) is 18.2 Å². The van der Waals surface area contributed by atoms with Crippen LogP contribution in [0.4, 0.5) is 0 Å². The number of phenols is 3. The van der Waals surface area contributed by atoms with Crippen molar-refractivity contribution >= 4 is 0 Å². The van der Waals surface area contributed by atoms with Crippen LogP contribution in [-0.2, 0) is 21.7 Å². The van der Waals surface area contributed by atoms with Crippen molar-refractivity contribution in [3.63, 3.8) is 0 Å². The summed E-state index contributed by atoms with van der Waals surface area (Å²) in [5.74, 6) is -1.09. The summed E-state index contributed by atoms with van der Waals surface area (Å²) in [5, 5.41) is 26.1. The molecule has 0 aliphatic rings. The minimum Gasteiger partial charge on any atom is -0.504 e. The normalized spacial score (nSPS) is 8.40. The molecule has 1 rings (SSSR count). The summed E-state index contributed by atoms with van der Waals surface area (Å²) in [6, 6.07) is 4.01. The van der Waals surface area contributed by atoms with Gasteiger partial charge in [0.2, 0.25) is 0 Å². The van der Waals surface area contributed by atoms with Gasteiger partial charge in [0, 0.05) is 21.7 Å². The maximum Gasteiger partial charge on any atom is 0.200 e. The summed E-state index contributed by atoms with van der Waals surface area (Å²) < 4.78 is 0. The van der Waals surface area contributed by atoms with E-state index in [1.807, 2.05) is 0 Å². The fraction of sp³-hybridized carbons (Fsp3) is 0. The van der Waals surface area contributed by atoms with E-state index >= 15 is 0 Å². The van der Waals surface area contributed by atoms with E-state index in [2.05, 4.69) is 0 Å². The average Bonchev–Trinajstić information content (AvgIpc) is 1.83. The SMILES string of the molecule is Oc1cccc(O)c1O.[Ti]. The van der Waals surface area contributed by atoms with Crippen molar-refractivity contribution < 1.29 is 37.0 Å². The maximum atomic E-state index is 8.71. The van der Waals surface area contributed by atoms with Crippen molar-refractivity contribution in [1.82, 2.24) is 0 Å². The van der Waals surface area contributed by atoms with Gasteiger partial charge in [-0.2, -0.15) is 0 Å². The summed E-state index contributed by atoms with van der Waals surface area (Å²) in [6.45, 7) is 0. The second-order valence-corrected chi connectivity index (χ2v) is 1.64. The Labute approximate surface area is 72.8 Å². The van der Waals surface area contributed by atoms with Gasteiger partial charge >= 0.3 is 0 Å². The average molecular weight is 174 g/mol. The fourth-order valence-corrected chi connectivity index (χ4v) is 0.519. The van der Waals surface area contributed by atoms with Crippen LogP contribution in [0.5, 0.6) is 17.2 Å². The number of benzene rings is 1. The molecule has 0 radical (unpaired) electrons. The zero-order valence-electron chi connectivity index (χ0n) is 5.07. The Morgan fingerprint density at radius 1 is 0.900 bits per heavy atom. The van der Waals surface area contributed by atoms with E-state index in [0.29, 0.717) is 0 Å². The summed E-state index contributed by atoms with van der Waals surface area (Å²) in [7, 11) is 0. The number of phenolic OH excluding ortho intramolecular Hbond substituents is 3. The van der Waals surface area contributed by atoms with Gasteiger partial charge < -0.3 is 15.3 Å². The van der Waals surface area contributed by atoms with E-state index < -0.39 is 5.75 Å². The van der Waals surface area contributed by atoms with Crippen LogP contribution in [0, 0.1) is 0 Å². The Hall–Kier alpha value is -0.666. The number of hydrogen-bond donors (Lipinski definition) is 3. The van der Waals surface area contributed by atoms with E-state index in [4.69, 9.17) is 15.3 Å². The molecule has 10 heavy (non-hydrogen) atoms.